The van der Waals surface area contributed by atoms with E-state index in [9.17, 15) is 9.59 Å². The highest BCUT2D eigenvalue weighted by Gasteiger charge is 2.57. The maximum absolute atomic E-state index is 12.9. The van der Waals surface area contributed by atoms with Crippen LogP contribution in [0, 0.1) is 0 Å². The number of carbonyl (C=O) groups excluding carboxylic acids is 2. The van der Waals surface area contributed by atoms with E-state index in [-0.39, 0.29) is 0 Å². The number of rotatable bonds is 2. The van der Waals surface area contributed by atoms with E-state index in [2.05, 4.69) is 0 Å². The van der Waals surface area contributed by atoms with Gasteiger partial charge in [0.2, 0.25) is 0 Å². The van der Waals surface area contributed by atoms with Gasteiger partial charge < -0.3 is 14.2 Å². The summed E-state index contributed by atoms with van der Waals surface area (Å²) in [6, 6.07) is 13.8. The van der Waals surface area contributed by atoms with Crippen LogP contribution < -0.4 is 4.74 Å². The molecule has 0 fully saturated rings. The van der Waals surface area contributed by atoms with Crippen molar-refractivity contribution in [2.45, 2.75) is 5.79 Å². The molecule has 0 amide bonds. The Hall–Kier alpha value is -3.08. The Labute approximate surface area is 132 Å². The monoisotopic (exact) mass is 308 g/mol. The lowest BCUT2D eigenvalue weighted by atomic mass is 9.93. The minimum absolute atomic E-state index is 0.341. The molecule has 4 rings (SSSR count). The molecule has 0 N–H and O–H groups in total. The van der Waals surface area contributed by atoms with Crippen LogP contribution in [0.3, 0.4) is 0 Å². The minimum Gasteiger partial charge on any atom is -0.497 e. The average Bonchev–Trinajstić information content (AvgIpc) is 3.07. The van der Waals surface area contributed by atoms with E-state index in [4.69, 9.17) is 14.2 Å². The molecule has 0 radical (unpaired) electrons. The summed E-state index contributed by atoms with van der Waals surface area (Å²) in [4.78, 5) is 24.9. The van der Waals surface area contributed by atoms with Crippen molar-refractivity contribution in [3.8, 4) is 5.75 Å². The van der Waals surface area contributed by atoms with Crippen LogP contribution in [0.25, 0.3) is 5.57 Å². The fraction of sp³-hybridized carbons (Fsp3) is 0.111. The predicted molar refractivity (Wildman–Crippen MR) is 80.6 cm³/mol. The lowest BCUT2D eigenvalue weighted by Crippen LogP contribution is -2.34. The Bertz CT molecular complexity index is 867. The van der Waals surface area contributed by atoms with Gasteiger partial charge in [0, 0.05) is 0 Å². The van der Waals surface area contributed by atoms with Crippen LogP contribution in [0.15, 0.2) is 54.8 Å². The van der Waals surface area contributed by atoms with Crippen LogP contribution in [0.2, 0.25) is 0 Å². The van der Waals surface area contributed by atoms with E-state index in [0.717, 1.165) is 0 Å². The molecule has 114 valence electrons. The Morgan fingerprint density at radius 2 is 1.87 bits per heavy atom. The molecule has 1 spiro atoms. The van der Waals surface area contributed by atoms with Crippen LogP contribution in [-0.4, -0.2) is 18.9 Å². The maximum Gasteiger partial charge on any atom is 0.347 e. The van der Waals surface area contributed by atoms with E-state index in [0.29, 0.717) is 28.0 Å². The third kappa shape index (κ3) is 1.80. The van der Waals surface area contributed by atoms with Gasteiger partial charge in [-0.3, -0.25) is 4.79 Å². The smallest absolute Gasteiger partial charge is 0.347 e. The largest absolute Gasteiger partial charge is 0.497 e. The molecule has 2 heterocycles. The van der Waals surface area contributed by atoms with Crippen LogP contribution >= 0.6 is 0 Å². The molecule has 2 aliphatic heterocycles. The molecule has 2 aliphatic rings. The summed E-state index contributed by atoms with van der Waals surface area (Å²) >= 11 is 0. The fourth-order valence-corrected chi connectivity index (χ4v) is 2.86. The lowest BCUT2D eigenvalue weighted by molar-refractivity contribution is -0.173. The second-order valence-corrected chi connectivity index (χ2v) is 5.26. The summed E-state index contributed by atoms with van der Waals surface area (Å²) in [7, 11) is 1.55. The van der Waals surface area contributed by atoms with Crippen molar-refractivity contribution in [2.75, 3.05) is 7.11 Å². The zero-order valence-corrected chi connectivity index (χ0v) is 12.2. The second-order valence-electron chi connectivity index (χ2n) is 5.26. The number of esters is 1. The summed E-state index contributed by atoms with van der Waals surface area (Å²) in [5.41, 5.74) is 1.77. The third-order valence-corrected chi connectivity index (χ3v) is 4.01. The fourth-order valence-electron chi connectivity index (χ4n) is 2.86. The number of hydrogen-bond donors (Lipinski definition) is 0. The summed E-state index contributed by atoms with van der Waals surface area (Å²) in [5, 5.41) is 0. The van der Waals surface area contributed by atoms with Crippen LogP contribution in [0.1, 0.15) is 21.5 Å². The standard InChI is InChI=1S/C18H12O5/c1-21-12-6-4-5-11(9-12)14-10-22-18(16(14)19)15-8-3-2-7-13(15)17(20)23-18/h2-10H,1H3. The van der Waals surface area contributed by atoms with E-state index >= 15 is 0 Å². The molecule has 0 aliphatic carbocycles. The van der Waals surface area contributed by atoms with E-state index in [1.54, 1.807) is 55.6 Å². The van der Waals surface area contributed by atoms with Crippen molar-refractivity contribution in [3.63, 3.8) is 0 Å². The van der Waals surface area contributed by atoms with Gasteiger partial charge in [-0.05, 0) is 29.8 Å². The first-order chi connectivity index (χ1) is 11.2. The van der Waals surface area contributed by atoms with Crippen molar-refractivity contribution in [1.29, 1.82) is 0 Å². The molecule has 5 heteroatoms. The molecule has 1 atom stereocenters. The summed E-state index contributed by atoms with van der Waals surface area (Å²) in [5.74, 6) is -2.04. The number of hydrogen-bond acceptors (Lipinski definition) is 5. The maximum atomic E-state index is 12.9. The topological polar surface area (TPSA) is 61.8 Å². The molecular formula is C18H12O5. The number of ketones is 1. The number of carbonyl (C=O) groups is 2. The second kappa shape index (κ2) is 4.71. The Morgan fingerprint density at radius 1 is 1.04 bits per heavy atom. The van der Waals surface area contributed by atoms with Crippen LogP contribution in [0.4, 0.5) is 0 Å². The zero-order chi connectivity index (χ0) is 16.0. The van der Waals surface area contributed by atoms with Crippen molar-refractivity contribution >= 4 is 17.3 Å². The molecule has 0 saturated heterocycles. The number of fused-ring (bicyclic) bond motifs is 2. The summed E-state index contributed by atoms with van der Waals surface area (Å²) < 4.78 is 16.0. The van der Waals surface area contributed by atoms with Gasteiger partial charge in [-0.1, -0.05) is 24.3 Å². The molecular weight excluding hydrogens is 296 g/mol. The summed E-state index contributed by atoms with van der Waals surface area (Å²) in [6.07, 6.45) is 1.34. The number of benzene rings is 2. The molecule has 0 bridgehead atoms. The Kier molecular flexibility index (Phi) is 2.78. The van der Waals surface area contributed by atoms with Gasteiger partial charge in [0.1, 0.15) is 12.0 Å². The highest BCUT2D eigenvalue weighted by atomic mass is 16.7. The number of Topliss-reactive ketones (excluding diaryl/α,β-unsaturated/α-hetero) is 1. The third-order valence-electron chi connectivity index (χ3n) is 4.01. The van der Waals surface area contributed by atoms with Gasteiger partial charge in [-0.25, -0.2) is 4.79 Å². The molecule has 1 unspecified atom stereocenters. The first kappa shape index (κ1) is 13.6. The molecule has 0 saturated carbocycles. The highest BCUT2D eigenvalue weighted by molar-refractivity contribution is 6.27. The first-order valence-corrected chi connectivity index (χ1v) is 7.06. The normalized spacial score (nSPS) is 21.7. The van der Waals surface area contributed by atoms with Gasteiger partial charge >= 0.3 is 11.8 Å². The quantitative estimate of drug-likeness (QED) is 0.798. The van der Waals surface area contributed by atoms with Crippen molar-refractivity contribution in [3.05, 3.63) is 71.5 Å². The Morgan fingerprint density at radius 3 is 2.70 bits per heavy atom. The van der Waals surface area contributed by atoms with E-state index in [1.807, 2.05) is 0 Å². The van der Waals surface area contributed by atoms with Crippen molar-refractivity contribution in [2.24, 2.45) is 0 Å². The van der Waals surface area contributed by atoms with Gasteiger partial charge in [-0.2, -0.15) is 0 Å². The minimum atomic E-state index is -1.70. The van der Waals surface area contributed by atoms with Gasteiger partial charge in [-0.15, -0.1) is 0 Å². The van der Waals surface area contributed by atoms with Crippen LogP contribution in [-0.2, 0) is 20.1 Å². The van der Waals surface area contributed by atoms with E-state index < -0.39 is 17.5 Å². The predicted octanol–water partition coefficient (Wildman–Crippen LogP) is 2.66. The zero-order valence-electron chi connectivity index (χ0n) is 12.2. The molecule has 0 aromatic heterocycles. The number of ether oxygens (including phenoxy) is 3. The molecule has 2 aromatic carbocycles. The number of methoxy groups -OCH3 is 1. The molecule has 2 aromatic rings. The molecule has 23 heavy (non-hydrogen) atoms. The van der Waals surface area contributed by atoms with E-state index in [1.165, 1.54) is 6.26 Å². The summed E-state index contributed by atoms with van der Waals surface area (Å²) in [6.45, 7) is 0. The molecule has 5 nitrogen and oxygen atoms in total. The Balaban J connectivity index is 1.77. The highest BCUT2D eigenvalue weighted by Crippen LogP contribution is 2.45. The van der Waals surface area contributed by atoms with Crippen LogP contribution in [0.5, 0.6) is 5.75 Å². The van der Waals surface area contributed by atoms with Crippen molar-refractivity contribution in [1.82, 2.24) is 0 Å². The average molecular weight is 308 g/mol. The van der Waals surface area contributed by atoms with Gasteiger partial charge in [0.05, 0.1) is 23.8 Å². The van der Waals surface area contributed by atoms with Gasteiger partial charge in [0.15, 0.2) is 0 Å². The van der Waals surface area contributed by atoms with Crippen molar-refractivity contribution < 1.29 is 23.8 Å². The first-order valence-electron chi connectivity index (χ1n) is 7.06. The SMILES string of the molecule is COc1cccc(C2=COC3(OC(=O)c4ccccc43)C2=O)c1. The lowest BCUT2D eigenvalue weighted by Gasteiger charge is -2.20. The van der Waals surface area contributed by atoms with Gasteiger partial charge in [0.25, 0.3) is 5.78 Å².